The van der Waals surface area contributed by atoms with Crippen LogP contribution < -0.4 is 10.6 Å². The highest BCUT2D eigenvalue weighted by molar-refractivity contribution is 7.12. The number of nitro benzene ring substituents is 1. The number of anilines is 2. The van der Waals surface area contributed by atoms with Gasteiger partial charge in [-0.15, -0.1) is 11.3 Å². The van der Waals surface area contributed by atoms with Crippen LogP contribution in [0.5, 0.6) is 0 Å². The quantitative estimate of drug-likeness (QED) is 0.473. The second-order valence-corrected chi connectivity index (χ2v) is 6.74. The molecule has 0 aliphatic rings. The first kappa shape index (κ1) is 18.6. The standard InChI is InChI=1S/C18H12ClN3O4S/c19-14-7-6-13(22(25)26)10-15(14)21-17(23)11-3-1-4-12(9-11)20-18(24)16-5-2-8-27-16/h1-10H,(H,20,24)(H,21,23). The third-order valence-electron chi connectivity index (χ3n) is 3.54. The largest absolute Gasteiger partial charge is 0.321 e. The van der Waals surface area contributed by atoms with Crippen molar-refractivity contribution in [2.75, 3.05) is 10.6 Å². The summed E-state index contributed by atoms with van der Waals surface area (Å²) in [7, 11) is 0. The van der Waals surface area contributed by atoms with Crippen molar-refractivity contribution in [1.82, 2.24) is 0 Å². The van der Waals surface area contributed by atoms with Crippen molar-refractivity contribution in [3.05, 3.63) is 85.6 Å². The normalized spacial score (nSPS) is 10.3. The lowest BCUT2D eigenvalue weighted by atomic mass is 10.1. The second kappa shape index (κ2) is 7.98. The summed E-state index contributed by atoms with van der Waals surface area (Å²) in [6.45, 7) is 0. The summed E-state index contributed by atoms with van der Waals surface area (Å²) in [6.07, 6.45) is 0. The van der Waals surface area contributed by atoms with Crippen LogP contribution in [-0.2, 0) is 0 Å². The lowest BCUT2D eigenvalue weighted by Crippen LogP contribution is -2.14. The van der Waals surface area contributed by atoms with Gasteiger partial charge in [0.05, 0.1) is 20.5 Å². The Morgan fingerprint density at radius 3 is 2.52 bits per heavy atom. The number of nitrogens with zero attached hydrogens (tertiary/aromatic N) is 1. The van der Waals surface area contributed by atoms with E-state index in [9.17, 15) is 19.7 Å². The van der Waals surface area contributed by atoms with E-state index in [0.717, 1.165) is 0 Å². The minimum absolute atomic E-state index is 0.129. The van der Waals surface area contributed by atoms with Crippen LogP contribution in [0.4, 0.5) is 17.1 Å². The summed E-state index contributed by atoms with van der Waals surface area (Å²) in [4.78, 5) is 35.4. The number of carbonyl (C=O) groups excluding carboxylic acids is 2. The van der Waals surface area contributed by atoms with Crippen LogP contribution in [0, 0.1) is 10.1 Å². The Hall–Kier alpha value is -3.23. The number of hydrogen-bond donors (Lipinski definition) is 2. The maximum absolute atomic E-state index is 12.5. The third-order valence-corrected chi connectivity index (χ3v) is 4.73. The molecule has 27 heavy (non-hydrogen) atoms. The highest BCUT2D eigenvalue weighted by Gasteiger charge is 2.14. The molecule has 0 spiro atoms. The molecular weight excluding hydrogens is 390 g/mol. The molecule has 0 fully saturated rings. The topological polar surface area (TPSA) is 101 Å². The van der Waals surface area contributed by atoms with Gasteiger partial charge in [-0.3, -0.25) is 19.7 Å². The molecule has 136 valence electrons. The summed E-state index contributed by atoms with van der Waals surface area (Å²) in [5.41, 5.74) is 0.656. The Kier molecular flexibility index (Phi) is 5.49. The molecule has 1 aromatic heterocycles. The van der Waals surface area contributed by atoms with E-state index in [1.165, 1.54) is 35.6 Å². The predicted octanol–water partition coefficient (Wildman–Crippen LogP) is 4.81. The van der Waals surface area contributed by atoms with Crippen LogP contribution in [0.2, 0.25) is 5.02 Å². The fraction of sp³-hybridized carbons (Fsp3) is 0. The molecule has 0 unspecified atom stereocenters. The fourth-order valence-corrected chi connectivity index (χ4v) is 3.04. The second-order valence-electron chi connectivity index (χ2n) is 5.39. The van der Waals surface area contributed by atoms with Gasteiger partial charge in [-0.05, 0) is 35.7 Å². The fourth-order valence-electron chi connectivity index (χ4n) is 2.26. The number of hydrogen-bond acceptors (Lipinski definition) is 5. The van der Waals surface area contributed by atoms with Gasteiger partial charge in [0.2, 0.25) is 0 Å². The first-order valence-corrected chi connectivity index (χ1v) is 8.90. The number of non-ortho nitro benzene ring substituents is 1. The van der Waals surface area contributed by atoms with Crippen LogP contribution in [0.25, 0.3) is 0 Å². The van der Waals surface area contributed by atoms with E-state index in [0.29, 0.717) is 10.6 Å². The molecular formula is C18H12ClN3O4S. The van der Waals surface area contributed by atoms with E-state index in [1.54, 1.807) is 35.7 Å². The van der Waals surface area contributed by atoms with E-state index in [1.807, 2.05) is 0 Å². The molecule has 0 saturated carbocycles. The maximum atomic E-state index is 12.5. The molecule has 2 amide bonds. The average molecular weight is 402 g/mol. The van der Waals surface area contributed by atoms with Gasteiger partial charge < -0.3 is 10.6 Å². The van der Waals surface area contributed by atoms with Crippen LogP contribution >= 0.6 is 22.9 Å². The first-order valence-electron chi connectivity index (χ1n) is 7.64. The molecule has 1 heterocycles. The SMILES string of the molecule is O=C(Nc1cc([N+](=O)[O-])ccc1Cl)c1cccc(NC(=O)c2cccs2)c1. The van der Waals surface area contributed by atoms with Gasteiger partial charge in [0.1, 0.15) is 0 Å². The summed E-state index contributed by atoms with van der Waals surface area (Å²) in [5, 5.41) is 18.1. The zero-order valence-electron chi connectivity index (χ0n) is 13.6. The third kappa shape index (κ3) is 4.49. The summed E-state index contributed by atoms with van der Waals surface area (Å²) < 4.78 is 0. The number of nitro groups is 1. The Labute approximate surface area is 162 Å². The van der Waals surface area contributed by atoms with Crippen molar-refractivity contribution in [3.63, 3.8) is 0 Å². The smallest absolute Gasteiger partial charge is 0.271 e. The van der Waals surface area contributed by atoms with Crippen molar-refractivity contribution < 1.29 is 14.5 Å². The molecule has 0 saturated heterocycles. The molecule has 2 N–H and O–H groups in total. The monoisotopic (exact) mass is 401 g/mol. The van der Waals surface area contributed by atoms with Gasteiger partial charge in [-0.1, -0.05) is 23.7 Å². The van der Waals surface area contributed by atoms with Gasteiger partial charge in [-0.2, -0.15) is 0 Å². The van der Waals surface area contributed by atoms with E-state index in [2.05, 4.69) is 10.6 Å². The molecule has 0 bridgehead atoms. The number of benzene rings is 2. The van der Waals surface area contributed by atoms with Crippen molar-refractivity contribution in [2.45, 2.75) is 0 Å². The molecule has 3 aromatic rings. The maximum Gasteiger partial charge on any atom is 0.271 e. The van der Waals surface area contributed by atoms with Gasteiger partial charge in [0, 0.05) is 23.4 Å². The lowest BCUT2D eigenvalue weighted by Gasteiger charge is -2.09. The Morgan fingerprint density at radius 2 is 1.81 bits per heavy atom. The summed E-state index contributed by atoms with van der Waals surface area (Å²) >= 11 is 7.30. The highest BCUT2D eigenvalue weighted by atomic mass is 35.5. The lowest BCUT2D eigenvalue weighted by molar-refractivity contribution is -0.384. The Morgan fingerprint density at radius 1 is 1.00 bits per heavy atom. The molecule has 0 aliphatic heterocycles. The molecule has 2 aromatic carbocycles. The number of nitrogens with one attached hydrogen (secondary N) is 2. The Balaban J connectivity index is 1.77. The highest BCUT2D eigenvalue weighted by Crippen LogP contribution is 2.27. The van der Waals surface area contributed by atoms with Gasteiger partial charge >= 0.3 is 0 Å². The van der Waals surface area contributed by atoms with Gasteiger partial charge in [0.25, 0.3) is 17.5 Å². The minimum Gasteiger partial charge on any atom is -0.321 e. The molecule has 0 radical (unpaired) electrons. The number of thiophene rings is 1. The molecule has 0 aliphatic carbocycles. The predicted molar refractivity (Wildman–Crippen MR) is 105 cm³/mol. The van der Waals surface area contributed by atoms with E-state index >= 15 is 0 Å². The molecule has 0 atom stereocenters. The first-order chi connectivity index (χ1) is 12.9. The zero-order chi connectivity index (χ0) is 19.4. The van der Waals surface area contributed by atoms with Crippen molar-refractivity contribution >= 4 is 51.8 Å². The van der Waals surface area contributed by atoms with Crippen LogP contribution in [0.15, 0.2) is 60.0 Å². The van der Waals surface area contributed by atoms with E-state index in [-0.39, 0.29) is 27.9 Å². The zero-order valence-corrected chi connectivity index (χ0v) is 15.2. The number of amides is 2. The molecule has 7 nitrogen and oxygen atoms in total. The van der Waals surface area contributed by atoms with Crippen LogP contribution in [0.1, 0.15) is 20.0 Å². The van der Waals surface area contributed by atoms with E-state index < -0.39 is 10.8 Å². The molecule has 3 rings (SSSR count). The Bertz CT molecular complexity index is 1020. The number of carbonyl (C=O) groups is 2. The minimum atomic E-state index is -0.577. The number of halogens is 1. The molecule has 9 heteroatoms. The van der Waals surface area contributed by atoms with Gasteiger partial charge in [-0.25, -0.2) is 0 Å². The van der Waals surface area contributed by atoms with Crippen LogP contribution in [0.3, 0.4) is 0 Å². The van der Waals surface area contributed by atoms with Crippen molar-refractivity contribution in [1.29, 1.82) is 0 Å². The number of rotatable bonds is 5. The van der Waals surface area contributed by atoms with Crippen molar-refractivity contribution in [3.8, 4) is 0 Å². The summed E-state index contributed by atoms with van der Waals surface area (Å²) in [6, 6.07) is 13.6. The summed E-state index contributed by atoms with van der Waals surface area (Å²) in [5.74, 6) is -0.783. The van der Waals surface area contributed by atoms with Gasteiger partial charge in [0.15, 0.2) is 0 Å². The average Bonchev–Trinajstić information content (AvgIpc) is 3.18. The van der Waals surface area contributed by atoms with E-state index in [4.69, 9.17) is 11.6 Å². The van der Waals surface area contributed by atoms with Crippen molar-refractivity contribution in [2.24, 2.45) is 0 Å². The van der Waals surface area contributed by atoms with Crippen LogP contribution in [-0.4, -0.2) is 16.7 Å².